The summed E-state index contributed by atoms with van der Waals surface area (Å²) in [6, 6.07) is 7.03. The zero-order valence-corrected chi connectivity index (χ0v) is 9.27. The van der Waals surface area contributed by atoms with Crippen LogP contribution in [0.25, 0.3) is 10.2 Å². The summed E-state index contributed by atoms with van der Waals surface area (Å²) < 4.78 is 1.28. The molecule has 0 radical (unpaired) electrons. The van der Waals surface area contributed by atoms with E-state index in [1.165, 1.54) is 10.3 Å². The monoisotopic (exact) mass is 206 g/mol. The topological polar surface area (TPSA) is 24.9 Å². The minimum atomic E-state index is 0.528. The van der Waals surface area contributed by atoms with Crippen molar-refractivity contribution in [1.82, 2.24) is 10.3 Å². The van der Waals surface area contributed by atoms with Crippen molar-refractivity contribution in [2.24, 2.45) is 0 Å². The Hall–Kier alpha value is -0.930. The maximum Gasteiger partial charge on any atom is 0.0812 e. The molecule has 14 heavy (non-hydrogen) atoms. The molecule has 0 unspecified atom stereocenters. The molecule has 2 aromatic rings. The molecule has 1 aromatic heterocycles. The van der Waals surface area contributed by atoms with Gasteiger partial charge in [-0.3, -0.25) is 0 Å². The van der Waals surface area contributed by atoms with Crippen LogP contribution in [0.4, 0.5) is 0 Å². The molecule has 0 amide bonds. The lowest BCUT2D eigenvalue weighted by molar-refractivity contribution is 0.609. The molecule has 2 rings (SSSR count). The summed E-state index contributed by atoms with van der Waals surface area (Å²) in [5.41, 5.74) is 4.38. The van der Waals surface area contributed by atoms with Gasteiger partial charge in [-0.2, -0.15) is 0 Å². The number of hydrogen-bond acceptors (Lipinski definition) is 3. The molecule has 0 aliphatic heterocycles. The van der Waals surface area contributed by atoms with E-state index in [2.05, 4.69) is 35.4 Å². The molecule has 0 saturated carbocycles. The van der Waals surface area contributed by atoms with Gasteiger partial charge in [0.2, 0.25) is 0 Å². The van der Waals surface area contributed by atoms with Crippen LogP contribution in [0.3, 0.4) is 0 Å². The lowest BCUT2D eigenvalue weighted by Gasteiger charge is -2.09. The van der Waals surface area contributed by atoms with E-state index in [1.54, 1.807) is 11.3 Å². The van der Waals surface area contributed by atoms with E-state index in [0.29, 0.717) is 6.04 Å². The Morgan fingerprint density at radius 1 is 1.50 bits per heavy atom. The Bertz CT molecular complexity index is 422. The molecule has 1 heterocycles. The fourth-order valence-corrected chi connectivity index (χ4v) is 2.22. The standard InChI is InChI=1S/C11H14N2S/c1-8(12-2)5-9-3-4-10-11(6-9)14-7-13-10/h3-4,6-8,12H,5H2,1-2H3/t8-/m0/s1. The van der Waals surface area contributed by atoms with Crippen LogP contribution in [0.1, 0.15) is 12.5 Å². The molecule has 74 valence electrons. The molecule has 1 aromatic carbocycles. The van der Waals surface area contributed by atoms with E-state index < -0.39 is 0 Å². The van der Waals surface area contributed by atoms with E-state index in [-0.39, 0.29) is 0 Å². The van der Waals surface area contributed by atoms with Gasteiger partial charge in [0, 0.05) is 6.04 Å². The maximum absolute atomic E-state index is 4.26. The van der Waals surface area contributed by atoms with Crippen LogP contribution in [0, 0.1) is 0 Å². The van der Waals surface area contributed by atoms with Gasteiger partial charge in [0.05, 0.1) is 15.7 Å². The van der Waals surface area contributed by atoms with Gasteiger partial charge in [-0.15, -0.1) is 11.3 Å². The van der Waals surface area contributed by atoms with E-state index in [1.807, 2.05) is 12.6 Å². The van der Waals surface area contributed by atoms with E-state index >= 15 is 0 Å². The molecule has 0 spiro atoms. The van der Waals surface area contributed by atoms with Crippen LogP contribution in [0.2, 0.25) is 0 Å². The average Bonchev–Trinajstić information content (AvgIpc) is 2.64. The van der Waals surface area contributed by atoms with Crippen LogP contribution in [-0.4, -0.2) is 18.1 Å². The Morgan fingerprint density at radius 2 is 2.36 bits per heavy atom. The number of likely N-dealkylation sites (N-methyl/N-ethyl adjacent to an activating group) is 1. The molecule has 0 aliphatic carbocycles. The highest BCUT2D eigenvalue weighted by atomic mass is 32.1. The van der Waals surface area contributed by atoms with Gasteiger partial charge in [0.25, 0.3) is 0 Å². The summed E-state index contributed by atoms with van der Waals surface area (Å²) in [5, 5.41) is 3.24. The molecule has 0 bridgehead atoms. The predicted molar refractivity (Wildman–Crippen MR) is 61.8 cm³/mol. The molecule has 0 saturated heterocycles. The molecular weight excluding hydrogens is 192 g/mol. The normalized spacial score (nSPS) is 13.3. The summed E-state index contributed by atoms with van der Waals surface area (Å²) in [7, 11) is 2.00. The number of hydrogen-bond donors (Lipinski definition) is 1. The minimum Gasteiger partial charge on any atom is -0.317 e. The van der Waals surface area contributed by atoms with Crippen molar-refractivity contribution in [3.63, 3.8) is 0 Å². The third-order valence-electron chi connectivity index (χ3n) is 2.43. The lowest BCUT2D eigenvalue weighted by Crippen LogP contribution is -2.23. The summed E-state index contributed by atoms with van der Waals surface area (Å²) in [6.45, 7) is 2.19. The van der Waals surface area contributed by atoms with Gasteiger partial charge in [-0.05, 0) is 38.1 Å². The average molecular weight is 206 g/mol. The van der Waals surface area contributed by atoms with Crippen molar-refractivity contribution in [3.8, 4) is 0 Å². The highest BCUT2D eigenvalue weighted by Crippen LogP contribution is 2.19. The Balaban J connectivity index is 2.25. The van der Waals surface area contributed by atoms with E-state index in [9.17, 15) is 0 Å². The molecule has 2 nitrogen and oxygen atoms in total. The smallest absolute Gasteiger partial charge is 0.0812 e. The minimum absolute atomic E-state index is 0.528. The summed E-state index contributed by atoms with van der Waals surface area (Å²) >= 11 is 1.70. The summed E-state index contributed by atoms with van der Waals surface area (Å²) in [4.78, 5) is 4.26. The summed E-state index contributed by atoms with van der Waals surface area (Å²) in [6.07, 6.45) is 1.07. The second-order valence-electron chi connectivity index (χ2n) is 3.55. The van der Waals surface area contributed by atoms with Gasteiger partial charge in [0.1, 0.15) is 0 Å². The molecule has 1 atom stereocenters. The first-order valence-corrected chi connectivity index (χ1v) is 5.67. The number of benzene rings is 1. The van der Waals surface area contributed by atoms with Gasteiger partial charge in [-0.25, -0.2) is 4.98 Å². The van der Waals surface area contributed by atoms with Crippen molar-refractivity contribution in [2.45, 2.75) is 19.4 Å². The van der Waals surface area contributed by atoms with Crippen molar-refractivity contribution >= 4 is 21.6 Å². The van der Waals surface area contributed by atoms with Crippen LogP contribution in [-0.2, 0) is 6.42 Å². The number of nitrogens with one attached hydrogen (secondary N) is 1. The highest BCUT2D eigenvalue weighted by molar-refractivity contribution is 7.16. The number of aromatic nitrogens is 1. The Morgan fingerprint density at radius 3 is 3.14 bits per heavy atom. The first kappa shape index (κ1) is 9.62. The first-order chi connectivity index (χ1) is 6.79. The molecular formula is C11H14N2S. The van der Waals surface area contributed by atoms with Crippen molar-refractivity contribution in [3.05, 3.63) is 29.3 Å². The van der Waals surface area contributed by atoms with E-state index in [0.717, 1.165) is 11.9 Å². The Kier molecular flexibility index (Phi) is 2.79. The molecule has 0 aliphatic rings. The third-order valence-corrected chi connectivity index (χ3v) is 3.22. The zero-order chi connectivity index (χ0) is 9.97. The number of nitrogens with zero attached hydrogens (tertiary/aromatic N) is 1. The fraction of sp³-hybridized carbons (Fsp3) is 0.364. The largest absolute Gasteiger partial charge is 0.317 e. The van der Waals surface area contributed by atoms with Crippen LogP contribution in [0.15, 0.2) is 23.7 Å². The van der Waals surface area contributed by atoms with Crippen molar-refractivity contribution in [2.75, 3.05) is 7.05 Å². The number of thiazole rings is 1. The predicted octanol–water partition coefficient (Wildman–Crippen LogP) is 2.45. The van der Waals surface area contributed by atoms with Crippen molar-refractivity contribution in [1.29, 1.82) is 0 Å². The fourth-order valence-electron chi connectivity index (χ4n) is 1.48. The number of fused-ring (bicyclic) bond motifs is 1. The quantitative estimate of drug-likeness (QED) is 0.834. The second kappa shape index (κ2) is 4.07. The Labute approximate surface area is 88.0 Å². The van der Waals surface area contributed by atoms with Gasteiger partial charge >= 0.3 is 0 Å². The SMILES string of the molecule is CN[C@@H](C)Cc1ccc2ncsc2c1. The highest BCUT2D eigenvalue weighted by Gasteiger charge is 2.02. The third kappa shape index (κ3) is 1.94. The van der Waals surface area contributed by atoms with Gasteiger partial charge in [-0.1, -0.05) is 6.07 Å². The zero-order valence-electron chi connectivity index (χ0n) is 8.45. The van der Waals surface area contributed by atoms with Crippen LogP contribution in [0.5, 0.6) is 0 Å². The van der Waals surface area contributed by atoms with Crippen LogP contribution >= 0.6 is 11.3 Å². The van der Waals surface area contributed by atoms with Crippen molar-refractivity contribution < 1.29 is 0 Å². The molecule has 3 heteroatoms. The maximum atomic E-state index is 4.26. The lowest BCUT2D eigenvalue weighted by atomic mass is 10.1. The number of rotatable bonds is 3. The second-order valence-corrected chi connectivity index (χ2v) is 4.43. The van der Waals surface area contributed by atoms with E-state index in [4.69, 9.17) is 0 Å². The molecule has 1 N–H and O–H groups in total. The van der Waals surface area contributed by atoms with Gasteiger partial charge in [0.15, 0.2) is 0 Å². The van der Waals surface area contributed by atoms with Gasteiger partial charge < -0.3 is 5.32 Å². The first-order valence-electron chi connectivity index (χ1n) is 4.79. The summed E-state index contributed by atoms with van der Waals surface area (Å²) in [5.74, 6) is 0. The van der Waals surface area contributed by atoms with Crippen LogP contribution < -0.4 is 5.32 Å². The molecule has 0 fully saturated rings.